The van der Waals surface area contributed by atoms with Gasteiger partial charge in [0.25, 0.3) is 0 Å². The standard InChI is InChI=1S/C14H31NO4/c1-3-5-9-16-13-18-11-7-15-8-12-19-14-17-10-6-4-2/h15H,3-14H2,1-2H3. The van der Waals surface area contributed by atoms with Crippen molar-refractivity contribution < 1.29 is 18.9 Å². The lowest BCUT2D eigenvalue weighted by Gasteiger charge is -2.08. The van der Waals surface area contributed by atoms with E-state index in [1.165, 1.54) is 0 Å². The van der Waals surface area contributed by atoms with E-state index >= 15 is 0 Å². The van der Waals surface area contributed by atoms with Crippen molar-refractivity contribution in [2.75, 3.05) is 53.1 Å². The number of ether oxygens (including phenoxy) is 4. The second kappa shape index (κ2) is 17.8. The fraction of sp³-hybridized carbons (Fsp3) is 1.00. The monoisotopic (exact) mass is 277 g/mol. The quantitative estimate of drug-likeness (QED) is 0.346. The van der Waals surface area contributed by atoms with Crippen LogP contribution in [-0.4, -0.2) is 53.1 Å². The van der Waals surface area contributed by atoms with Gasteiger partial charge in [-0.15, -0.1) is 0 Å². The third-order valence-electron chi connectivity index (χ3n) is 2.46. The van der Waals surface area contributed by atoms with Crippen molar-refractivity contribution in [3.63, 3.8) is 0 Å². The number of rotatable bonds is 16. The van der Waals surface area contributed by atoms with E-state index in [9.17, 15) is 0 Å². The van der Waals surface area contributed by atoms with E-state index in [2.05, 4.69) is 19.2 Å². The molecule has 0 aromatic rings. The van der Waals surface area contributed by atoms with Crippen LogP contribution in [0.2, 0.25) is 0 Å². The molecule has 0 fully saturated rings. The van der Waals surface area contributed by atoms with E-state index < -0.39 is 0 Å². The second-order valence-electron chi connectivity index (χ2n) is 4.33. The predicted molar refractivity (Wildman–Crippen MR) is 76.2 cm³/mol. The van der Waals surface area contributed by atoms with Gasteiger partial charge in [-0.1, -0.05) is 26.7 Å². The molecule has 19 heavy (non-hydrogen) atoms. The Labute approximate surface area is 117 Å². The maximum atomic E-state index is 5.30. The summed E-state index contributed by atoms with van der Waals surface area (Å²) in [7, 11) is 0. The highest BCUT2D eigenvalue weighted by Gasteiger charge is 1.91. The molecule has 0 aliphatic heterocycles. The summed E-state index contributed by atoms with van der Waals surface area (Å²) in [4.78, 5) is 0. The molecule has 1 N–H and O–H groups in total. The Hall–Kier alpha value is -0.200. The molecule has 0 saturated carbocycles. The lowest BCUT2D eigenvalue weighted by Crippen LogP contribution is -2.24. The van der Waals surface area contributed by atoms with Crippen LogP contribution in [0.5, 0.6) is 0 Å². The van der Waals surface area contributed by atoms with Crippen molar-refractivity contribution >= 4 is 0 Å². The fourth-order valence-corrected chi connectivity index (χ4v) is 1.26. The summed E-state index contributed by atoms with van der Waals surface area (Å²) < 4.78 is 21.2. The van der Waals surface area contributed by atoms with Gasteiger partial charge in [0, 0.05) is 26.3 Å². The van der Waals surface area contributed by atoms with E-state index in [0.717, 1.165) is 52.0 Å². The van der Waals surface area contributed by atoms with Crippen LogP contribution < -0.4 is 5.32 Å². The van der Waals surface area contributed by atoms with E-state index in [1.54, 1.807) is 0 Å². The highest BCUT2D eigenvalue weighted by Crippen LogP contribution is 1.88. The Morgan fingerprint density at radius 2 is 1.05 bits per heavy atom. The van der Waals surface area contributed by atoms with Crippen molar-refractivity contribution in [1.82, 2.24) is 5.32 Å². The molecule has 0 aliphatic carbocycles. The molecule has 0 amide bonds. The molecule has 5 nitrogen and oxygen atoms in total. The first-order chi connectivity index (χ1) is 9.41. The van der Waals surface area contributed by atoms with Gasteiger partial charge >= 0.3 is 0 Å². The van der Waals surface area contributed by atoms with Gasteiger partial charge in [0.2, 0.25) is 0 Å². The summed E-state index contributed by atoms with van der Waals surface area (Å²) in [5.41, 5.74) is 0. The van der Waals surface area contributed by atoms with Gasteiger partial charge in [-0.2, -0.15) is 0 Å². The van der Waals surface area contributed by atoms with Crippen LogP contribution in [0, 0.1) is 0 Å². The molecule has 0 bridgehead atoms. The molecule has 0 rings (SSSR count). The molecule has 0 aliphatic rings. The van der Waals surface area contributed by atoms with Gasteiger partial charge in [0.1, 0.15) is 13.6 Å². The minimum Gasteiger partial charge on any atom is -0.355 e. The maximum Gasteiger partial charge on any atom is 0.146 e. The number of unbranched alkanes of at least 4 members (excludes halogenated alkanes) is 2. The van der Waals surface area contributed by atoms with Gasteiger partial charge in [0.05, 0.1) is 13.2 Å². The summed E-state index contributed by atoms with van der Waals surface area (Å²) in [6.07, 6.45) is 4.51. The lowest BCUT2D eigenvalue weighted by molar-refractivity contribution is -0.0577. The number of nitrogens with one attached hydrogen (secondary N) is 1. The highest BCUT2D eigenvalue weighted by molar-refractivity contribution is 4.43. The average molecular weight is 277 g/mol. The van der Waals surface area contributed by atoms with Gasteiger partial charge < -0.3 is 24.3 Å². The van der Waals surface area contributed by atoms with Crippen LogP contribution in [0.1, 0.15) is 39.5 Å². The largest absolute Gasteiger partial charge is 0.355 e. The molecular formula is C14H31NO4. The van der Waals surface area contributed by atoms with Crippen LogP contribution in [0.3, 0.4) is 0 Å². The van der Waals surface area contributed by atoms with Crippen LogP contribution >= 0.6 is 0 Å². The van der Waals surface area contributed by atoms with Gasteiger partial charge in [-0.3, -0.25) is 0 Å². The number of hydrogen-bond donors (Lipinski definition) is 1. The first kappa shape index (κ1) is 18.8. The zero-order valence-electron chi connectivity index (χ0n) is 12.6. The number of hydrogen-bond acceptors (Lipinski definition) is 5. The molecule has 0 aromatic heterocycles. The SMILES string of the molecule is CCCCOCOCCNCCOCOCCCC. The molecule has 0 heterocycles. The summed E-state index contributed by atoms with van der Waals surface area (Å²) >= 11 is 0. The third kappa shape index (κ3) is 17.8. The molecule has 0 unspecified atom stereocenters. The van der Waals surface area contributed by atoms with Crippen LogP contribution in [-0.2, 0) is 18.9 Å². The summed E-state index contributed by atoms with van der Waals surface area (Å²) in [5, 5.41) is 3.23. The Morgan fingerprint density at radius 3 is 1.47 bits per heavy atom. The molecule has 0 atom stereocenters. The van der Waals surface area contributed by atoms with E-state index in [1.807, 2.05) is 0 Å². The molecule has 0 aromatic carbocycles. The fourth-order valence-electron chi connectivity index (χ4n) is 1.26. The predicted octanol–water partition coefficient (Wildman–Crippen LogP) is 2.16. The Bertz CT molecular complexity index is 142. The van der Waals surface area contributed by atoms with E-state index in [0.29, 0.717) is 26.8 Å². The van der Waals surface area contributed by atoms with E-state index in [4.69, 9.17) is 18.9 Å². The molecule has 0 saturated heterocycles. The zero-order chi connectivity index (χ0) is 14.0. The molecule has 0 radical (unpaired) electrons. The van der Waals surface area contributed by atoms with Gasteiger partial charge in [-0.05, 0) is 12.8 Å². The van der Waals surface area contributed by atoms with Crippen LogP contribution in [0.25, 0.3) is 0 Å². The average Bonchev–Trinajstić information content (AvgIpc) is 2.43. The smallest absolute Gasteiger partial charge is 0.146 e. The second-order valence-corrected chi connectivity index (χ2v) is 4.33. The van der Waals surface area contributed by atoms with Gasteiger partial charge in [0.15, 0.2) is 0 Å². The van der Waals surface area contributed by atoms with E-state index in [-0.39, 0.29) is 0 Å². The maximum absolute atomic E-state index is 5.30. The topological polar surface area (TPSA) is 49.0 Å². The first-order valence-electron chi connectivity index (χ1n) is 7.43. The summed E-state index contributed by atoms with van der Waals surface area (Å²) in [5.74, 6) is 0. The molecule has 116 valence electrons. The minimum absolute atomic E-state index is 0.392. The summed E-state index contributed by atoms with van der Waals surface area (Å²) in [6.45, 7) is 9.61. The van der Waals surface area contributed by atoms with Crippen molar-refractivity contribution in [3.8, 4) is 0 Å². The van der Waals surface area contributed by atoms with Crippen LogP contribution in [0.4, 0.5) is 0 Å². The van der Waals surface area contributed by atoms with Crippen molar-refractivity contribution in [2.45, 2.75) is 39.5 Å². The Kier molecular flexibility index (Phi) is 17.6. The normalized spacial score (nSPS) is 11.1. The molecule has 5 heteroatoms. The highest BCUT2D eigenvalue weighted by atomic mass is 16.7. The zero-order valence-corrected chi connectivity index (χ0v) is 12.6. The van der Waals surface area contributed by atoms with Crippen molar-refractivity contribution in [3.05, 3.63) is 0 Å². The molecule has 0 spiro atoms. The van der Waals surface area contributed by atoms with Crippen molar-refractivity contribution in [1.29, 1.82) is 0 Å². The first-order valence-corrected chi connectivity index (χ1v) is 7.43. The van der Waals surface area contributed by atoms with Crippen LogP contribution in [0.15, 0.2) is 0 Å². The molecular weight excluding hydrogens is 246 g/mol. The Balaban J connectivity index is 2.88. The third-order valence-corrected chi connectivity index (χ3v) is 2.46. The minimum atomic E-state index is 0.392. The van der Waals surface area contributed by atoms with Gasteiger partial charge in [-0.25, -0.2) is 0 Å². The Morgan fingerprint density at radius 1 is 0.632 bits per heavy atom. The lowest BCUT2D eigenvalue weighted by atomic mass is 10.4. The summed E-state index contributed by atoms with van der Waals surface area (Å²) in [6, 6.07) is 0. The van der Waals surface area contributed by atoms with Crippen molar-refractivity contribution in [2.24, 2.45) is 0 Å².